The van der Waals surface area contributed by atoms with Crippen molar-refractivity contribution >= 4 is 17.8 Å². The van der Waals surface area contributed by atoms with Crippen molar-refractivity contribution in [3.8, 4) is 6.07 Å². The molecule has 3 atom stereocenters. The molecule has 0 aromatic rings. The van der Waals surface area contributed by atoms with Crippen molar-refractivity contribution < 1.29 is 30.0 Å². The lowest BCUT2D eigenvalue weighted by Gasteiger charge is -2.39. The lowest BCUT2D eigenvalue weighted by atomic mass is 9.94. The van der Waals surface area contributed by atoms with Crippen LogP contribution in [0.15, 0.2) is 4.99 Å². The molecule has 12 heteroatoms. The van der Waals surface area contributed by atoms with E-state index in [2.05, 4.69) is 10.3 Å². The summed E-state index contributed by atoms with van der Waals surface area (Å²) < 4.78 is 0. The number of aliphatic imine (C=N–C) groups is 1. The zero-order valence-corrected chi connectivity index (χ0v) is 18.7. The molecule has 1 heterocycles. The molecule has 0 fully saturated rings. The average Bonchev–Trinajstić information content (AvgIpc) is 3.06. The normalized spacial score (nSPS) is 18.4. The van der Waals surface area contributed by atoms with E-state index < -0.39 is 30.6 Å². The summed E-state index contributed by atoms with van der Waals surface area (Å²) in [6, 6.07) is 1.09. The number of nitrogens with one attached hydrogen (secondary N) is 1. The Labute approximate surface area is 182 Å². The number of rotatable bonds is 9. The summed E-state index contributed by atoms with van der Waals surface area (Å²) >= 11 is 0. The first-order valence-corrected chi connectivity index (χ1v) is 10.0. The van der Waals surface area contributed by atoms with E-state index in [1.54, 1.807) is 27.1 Å². The first-order chi connectivity index (χ1) is 14.3. The van der Waals surface area contributed by atoms with Gasteiger partial charge >= 0.3 is 6.03 Å². The van der Waals surface area contributed by atoms with Crippen LogP contribution in [0.25, 0.3) is 0 Å². The summed E-state index contributed by atoms with van der Waals surface area (Å²) in [6.45, 7) is 4.76. The SMILES string of the molecule is CC(CC(O)(O)N(C(=O)CC#N)C(O)O)C(C)N(C)CC1CCN=C1NC(=O)N(C)C. The molecule has 1 aliphatic rings. The molecule has 3 amide bonds. The predicted octanol–water partition coefficient (Wildman–Crippen LogP) is -1.33. The maximum absolute atomic E-state index is 11.9. The highest BCUT2D eigenvalue weighted by molar-refractivity contribution is 5.99. The molecule has 12 nitrogen and oxygen atoms in total. The summed E-state index contributed by atoms with van der Waals surface area (Å²) in [5.41, 5.74) is 0. The van der Waals surface area contributed by atoms with Gasteiger partial charge in [0.1, 0.15) is 12.3 Å². The van der Waals surface area contributed by atoms with Crippen molar-refractivity contribution in [2.75, 3.05) is 34.2 Å². The van der Waals surface area contributed by atoms with Gasteiger partial charge in [0.2, 0.25) is 12.3 Å². The van der Waals surface area contributed by atoms with Gasteiger partial charge in [0.25, 0.3) is 5.91 Å². The van der Waals surface area contributed by atoms with Gasteiger partial charge in [-0.2, -0.15) is 5.26 Å². The van der Waals surface area contributed by atoms with E-state index in [-0.39, 0.29) is 29.3 Å². The van der Waals surface area contributed by atoms with Crippen LogP contribution in [-0.4, -0.2) is 105 Å². The van der Waals surface area contributed by atoms with E-state index in [4.69, 9.17) is 5.26 Å². The molecule has 1 rings (SSSR count). The zero-order chi connectivity index (χ0) is 23.9. The number of urea groups is 1. The third-order valence-corrected chi connectivity index (χ3v) is 5.53. The van der Waals surface area contributed by atoms with Crippen LogP contribution < -0.4 is 5.32 Å². The number of nitrogens with zero attached hydrogens (tertiary/aromatic N) is 5. The summed E-state index contributed by atoms with van der Waals surface area (Å²) in [4.78, 5) is 31.7. The molecule has 0 spiro atoms. The largest absolute Gasteiger partial charge is 0.351 e. The molecule has 31 heavy (non-hydrogen) atoms. The Morgan fingerprint density at radius 2 is 1.90 bits per heavy atom. The smallest absolute Gasteiger partial charge is 0.322 e. The van der Waals surface area contributed by atoms with Gasteiger partial charge in [-0.05, 0) is 26.3 Å². The van der Waals surface area contributed by atoms with Gasteiger partial charge in [-0.3, -0.25) is 15.1 Å². The maximum atomic E-state index is 11.9. The molecule has 0 aliphatic carbocycles. The number of amides is 3. The topological polar surface area (TPSA) is 173 Å². The number of hydrogen-bond acceptors (Lipinski definition) is 9. The van der Waals surface area contributed by atoms with Gasteiger partial charge in [0.05, 0.1) is 6.07 Å². The number of hydrogen-bond donors (Lipinski definition) is 5. The molecule has 0 aromatic heterocycles. The number of nitriles is 1. The summed E-state index contributed by atoms with van der Waals surface area (Å²) in [6.07, 6.45) is -2.80. The van der Waals surface area contributed by atoms with Crippen molar-refractivity contribution in [2.24, 2.45) is 16.8 Å². The van der Waals surface area contributed by atoms with Crippen LogP contribution in [0.3, 0.4) is 0 Å². The van der Waals surface area contributed by atoms with E-state index >= 15 is 0 Å². The first kappa shape index (κ1) is 26.7. The lowest BCUT2D eigenvalue weighted by Crippen LogP contribution is -2.58. The fraction of sp³-hybridized carbons (Fsp3) is 0.789. The number of carbonyl (C=O) groups is 2. The molecule has 3 unspecified atom stereocenters. The zero-order valence-electron chi connectivity index (χ0n) is 18.7. The van der Waals surface area contributed by atoms with E-state index in [1.165, 1.54) is 4.90 Å². The van der Waals surface area contributed by atoms with E-state index in [9.17, 15) is 30.0 Å². The van der Waals surface area contributed by atoms with E-state index in [0.717, 1.165) is 6.42 Å². The molecule has 0 aromatic carbocycles. The van der Waals surface area contributed by atoms with E-state index in [1.807, 2.05) is 18.9 Å². The van der Waals surface area contributed by atoms with Crippen molar-refractivity contribution in [2.45, 2.75) is 51.5 Å². The standard InChI is InChI=1S/C19H34N6O6/c1-12(10-19(30,31)25(18(28)29)15(26)6-8-20)13(2)24(5)11-14-7-9-21-16(14)22-17(27)23(3)4/h12-14,18,28-31H,6-7,9-11H2,1-5H3,(H,21,22,27). The number of aliphatic hydroxyl groups excluding tert-OH is 1. The van der Waals surface area contributed by atoms with Gasteiger partial charge < -0.3 is 30.2 Å². The number of aliphatic hydroxyl groups is 4. The fourth-order valence-corrected chi connectivity index (χ4v) is 3.46. The molecule has 1 aliphatic heterocycles. The minimum absolute atomic E-state index is 0.00419. The Hall–Kier alpha value is -2.30. The third-order valence-electron chi connectivity index (χ3n) is 5.53. The summed E-state index contributed by atoms with van der Waals surface area (Å²) in [7, 11) is 5.13. The van der Waals surface area contributed by atoms with Gasteiger partial charge in [-0.1, -0.05) is 6.92 Å². The quantitative estimate of drug-likeness (QED) is 0.273. The minimum atomic E-state index is -2.85. The highest BCUT2D eigenvalue weighted by Gasteiger charge is 2.42. The van der Waals surface area contributed by atoms with E-state index in [0.29, 0.717) is 18.9 Å². The van der Waals surface area contributed by atoms with Crippen molar-refractivity contribution in [1.29, 1.82) is 5.26 Å². The summed E-state index contributed by atoms with van der Waals surface area (Å²) in [5.74, 6) is -3.74. The number of amidine groups is 1. The predicted molar refractivity (Wildman–Crippen MR) is 111 cm³/mol. The van der Waals surface area contributed by atoms with Gasteiger partial charge in [0, 0.05) is 45.6 Å². The monoisotopic (exact) mass is 442 g/mol. The second-order valence-electron chi connectivity index (χ2n) is 8.16. The van der Waals surface area contributed by atoms with Crippen LogP contribution in [0.1, 0.15) is 33.1 Å². The molecule has 176 valence electrons. The van der Waals surface area contributed by atoms with Crippen LogP contribution in [-0.2, 0) is 4.79 Å². The molecule has 0 bridgehead atoms. The van der Waals surface area contributed by atoms with Crippen molar-refractivity contribution in [3.05, 3.63) is 0 Å². The Kier molecular flexibility index (Phi) is 9.79. The fourth-order valence-electron chi connectivity index (χ4n) is 3.46. The molecule has 0 saturated heterocycles. The van der Waals surface area contributed by atoms with Crippen LogP contribution >= 0.6 is 0 Å². The third kappa shape index (κ3) is 7.41. The molecule has 5 N–H and O–H groups in total. The van der Waals surface area contributed by atoms with Gasteiger partial charge in [-0.25, -0.2) is 9.69 Å². The van der Waals surface area contributed by atoms with Crippen LogP contribution in [0.5, 0.6) is 0 Å². The number of carbonyl (C=O) groups excluding carboxylic acids is 2. The molecular formula is C19H34N6O6. The maximum Gasteiger partial charge on any atom is 0.322 e. The molecule has 0 saturated carbocycles. The second kappa shape index (κ2) is 11.4. The Morgan fingerprint density at radius 3 is 2.42 bits per heavy atom. The average molecular weight is 443 g/mol. The highest BCUT2D eigenvalue weighted by atomic mass is 16.6. The van der Waals surface area contributed by atoms with Crippen LogP contribution in [0, 0.1) is 23.2 Å². The van der Waals surface area contributed by atoms with Crippen LogP contribution in [0.2, 0.25) is 0 Å². The summed E-state index contributed by atoms with van der Waals surface area (Å²) in [5, 5.41) is 51.0. The van der Waals surface area contributed by atoms with Crippen molar-refractivity contribution in [1.82, 2.24) is 20.0 Å². The molecular weight excluding hydrogens is 408 g/mol. The first-order valence-electron chi connectivity index (χ1n) is 10.0. The second-order valence-corrected chi connectivity index (χ2v) is 8.16. The van der Waals surface area contributed by atoms with Gasteiger partial charge in [0.15, 0.2) is 0 Å². The Bertz CT molecular complexity index is 704. The van der Waals surface area contributed by atoms with Crippen molar-refractivity contribution in [3.63, 3.8) is 0 Å². The highest BCUT2D eigenvalue weighted by Crippen LogP contribution is 2.26. The lowest BCUT2D eigenvalue weighted by molar-refractivity contribution is -0.326. The molecule has 0 radical (unpaired) electrons. The Balaban J connectivity index is 2.78. The minimum Gasteiger partial charge on any atom is -0.351 e. The Morgan fingerprint density at radius 1 is 1.29 bits per heavy atom. The van der Waals surface area contributed by atoms with Gasteiger partial charge in [-0.15, -0.1) is 0 Å². The van der Waals surface area contributed by atoms with Crippen LogP contribution in [0.4, 0.5) is 4.79 Å².